The van der Waals surface area contributed by atoms with E-state index in [9.17, 15) is 0 Å². The second-order valence-corrected chi connectivity index (χ2v) is 6.49. The van der Waals surface area contributed by atoms with Gasteiger partial charge in [-0.15, -0.1) is 11.8 Å². The van der Waals surface area contributed by atoms with Gasteiger partial charge in [-0.25, -0.2) is 0 Å². The Bertz CT molecular complexity index is 555. The third-order valence-electron chi connectivity index (χ3n) is 3.97. The Morgan fingerprint density at radius 2 is 1.95 bits per heavy atom. The van der Waals surface area contributed by atoms with Crippen LogP contribution in [0.1, 0.15) is 29.7 Å². The third-order valence-corrected chi connectivity index (χ3v) is 5.36. The van der Waals surface area contributed by atoms with Crippen LogP contribution in [0, 0.1) is 0 Å². The van der Waals surface area contributed by atoms with Crippen LogP contribution >= 0.6 is 11.8 Å². The molecular weight excluding hydrogens is 264 g/mol. The zero-order valence-corrected chi connectivity index (χ0v) is 12.5. The predicted molar refractivity (Wildman–Crippen MR) is 85.7 cm³/mol. The summed E-state index contributed by atoms with van der Waals surface area (Å²) in [6.07, 6.45) is 2.15. The smallest absolute Gasteiger partial charge is 0.0585 e. The molecule has 3 rings (SSSR count). The van der Waals surface area contributed by atoms with Crippen molar-refractivity contribution >= 4 is 11.8 Å². The van der Waals surface area contributed by atoms with Gasteiger partial charge in [0, 0.05) is 10.1 Å². The number of nitrogens with one attached hydrogen (secondary N) is 1. The van der Waals surface area contributed by atoms with Gasteiger partial charge in [-0.05, 0) is 35.6 Å². The highest BCUT2D eigenvalue weighted by Gasteiger charge is 2.29. The van der Waals surface area contributed by atoms with Crippen molar-refractivity contribution in [2.24, 2.45) is 5.84 Å². The minimum Gasteiger partial charge on any atom is -0.271 e. The maximum Gasteiger partial charge on any atom is 0.0585 e. The van der Waals surface area contributed by atoms with Gasteiger partial charge in [0.25, 0.3) is 0 Å². The summed E-state index contributed by atoms with van der Waals surface area (Å²) in [7, 11) is 0. The minimum absolute atomic E-state index is 0.193. The molecule has 1 aliphatic rings. The Balaban J connectivity index is 1.81. The van der Waals surface area contributed by atoms with E-state index in [1.807, 2.05) is 11.8 Å². The molecule has 0 saturated heterocycles. The van der Waals surface area contributed by atoms with Crippen LogP contribution in [0.2, 0.25) is 0 Å². The normalized spacial score (nSPS) is 18.8. The first kappa shape index (κ1) is 13.7. The molecule has 0 amide bonds. The molecule has 1 heterocycles. The maximum atomic E-state index is 5.83. The summed E-state index contributed by atoms with van der Waals surface area (Å²) in [5.74, 6) is 5.83. The first-order chi connectivity index (χ1) is 9.81. The summed E-state index contributed by atoms with van der Waals surface area (Å²) in [6, 6.07) is 17.6. The standard InChI is InChI=1S/C17H20N2S/c1-2-12-7-9-13(10-8-12)17(19-18)16-11-14-5-3-4-6-15(14)20-16/h3-10,16-17,19H,2,11,18H2,1H3. The van der Waals surface area contributed by atoms with Crippen molar-refractivity contribution in [3.63, 3.8) is 0 Å². The van der Waals surface area contributed by atoms with Crippen molar-refractivity contribution in [1.29, 1.82) is 0 Å². The number of hydrazine groups is 1. The van der Waals surface area contributed by atoms with Crippen LogP contribution in [0.25, 0.3) is 0 Å². The van der Waals surface area contributed by atoms with Crippen LogP contribution in [0.15, 0.2) is 53.4 Å². The van der Waals surface area contributed by atoms with E-state index in [0.29, 0.717) is 5.25 Å². The number of hydrogen-bond donors (Lipinski definition) is 2. The van der Waals surface area contributed by atoms with E-state index >= 15 is 0 Å². The lowest BCUT2D eigenvalue weighted by Gasteiger charge is -2.22. The molecule has 20 heavy (non-hydrogen) atoms. The summed E-state index contributed by atoms with van der Waals surface area (Å²) in [5, 5.41) is 0.463. The zero-order valence-electron chi connectivity index (χ0n) is 11.7. The Kier molecular flexibility index (Phi) is 4.10. The van der Waals surface area contributed by atoms with Crippen LogP contribution in [-0.2, 0) is 12.8 Å². The molecule has 2 unspecified atom stereocenters. The largest absolute Gasteiger partial charge is 0.271 e. The quantitative estimate of drug-likeness (QED) is 0.667. The first-order valence-corrected chi connectivity index (χ1v) is 7.99. The number of benzene rings is 2. The Morgan fingerprint density at radius 1 is 1.20 bits per heavy atom. The fourth-order valence-electron chi connectivity index (χ4n) is 2.77. The van der Waals surface area contributed by atoms with Gasteiger partial charge in [0.1, 0.15) is 0 Å². The Hall–Kier alpha value is -1.29. The lowest BCUT2D eigenvalue weighted by atomic mass is 9.98. The summed E-state index contributed by atoms with van der Waals surface area (Å²) in [4.78, 5) is 1.39. The van der Waals surface area contributed by atoms with Crippen molar-refractivity contribution in [2.75, 3.05) is 0 Å². The number of nitrogens with two attached hydrogens (primary N) is 1. The van der Waals surface area contributed by atoms with E-state index in [1.54, 1.807) is 0 Å². The van der Waals surface area contributed by atoms with E-state index in [1.165, 1.54) is 21.6 Å². The molecule has 0 fully saturated rings. The van der Waals surface area contributed by atoms with Gasteiger partial charge in [-0.2, -0.15) is 0 Å². The summed E-state index contributed by atoms with van der Waals surface area (Å²) >= 11 is 1.93. The molecular formula is C17H20N2S. The Labute approximate surface area is 124 Å². The molecule has 0 spiro atoms. The van der Waals surface area contributed by atoms with Crippen LogP contribution < -0.4 is 11.3 Å². The van der Waals surface area contributed by atoms with Gasteiger partial charge >= 0.3 is 0 Å². The summed E-state index contributed by atoms with van der Waals surface area (Å²) in [5.41, 5.74) is 7.09. The molecule has 0 saturated carbocycles. The van der Waals surface area contributed by atoms with Gasteiger partial charge < -0.3 is 0 Å². The van der Waals surface area contributed by atoms with Crippen LogP contribution in [0.4, 0.5) is 0 Å². The van der Waals surface area contributed by atoms with Gasteiger partial charge in [0.05, 0.1) is 6.04 Å². The van der Waals surface area contributed by atoms with Crippen molar-refractivity contribution in [2.45, 2.75) is 36.0 Å². The van der Waals surface area contributed by atoms with Crippen LogP contribution in [0.3, 0.4) is 0 Å². The van der Waals surface area contributed by atoms with Crippen molar-refractivity contribution in [3.05, 3.63) is 65.2 Å². The molecule has 2 nitrogen and oxygen atoms in total. The molecule has 0 aromatic heterocycles. The van der Waals surface area contributed by atoms with E-state index in [0.717, 1.165) is 12.8 Å². The molecule has 3 heteroatoms. The molecule has 3 N–H and O–H groups in total. The van der Waals surface area contributed by atoms with E-state index in [-0.39, 0.29) is 6.04 Å². The van der Waals surface area contributed by atoms with Gasteiger partial charge in [0.15, 0.2) is 0 Å². The topological polar surface area (TPSA) is 38.0 Å². The van der Waals surface area contributed by atoms with E-state index in [4.69, 9.17) is 5.84 Å². The molecule has 104 valence electrons. The molecule has 2 aromatic carbocycles. The van der Waals surface area contributed by atoms with Gasteiger partial charge in [-0.1, -0.05) is 49.4 Å². The van der Waals surface area contributed by atoms with E-state index < -0.39 is 0 Å². The van der Waals surface area contributed by atoms with Gasteiger partial charge in [0.2, 0.25) is 0 Å². The highest BCUT2D eigenvalue weighted by atomic mass is 32.2. The highest BCUT2D eigenvalue weighted by Crippen LogP contribution is 2.42. The highest BCUT2D eigenvalue weighted by molar-refractivity contribution is 8.00. The van der Waals surface area contributed by atoms with Crippen LogP contribution in [-0.4, -0.2) is 5.25 Å². The number of aryl methyl sites for hydroxylation is 1. The number of hydrogen-bond acceptors (Lipinski definition) is 3. The summed E-state index contributed by atoms with van der Waals surface area (Å²) < 4.78 is 0. The molecule has 0 aliphatic carbocycles. The molecule has 2 aromatic rings. The summed E-state index contributed by atoms with van der Waals surface area (Å²) in [6.45, 7) is 2.18. The average Bonchev–Trinajstić information content (AvgIpc) is 2.92. The number of rotatable bonds is 4. The monoisotopic (exact) mass is 284 g/mol. The third kappa shape index (κ3) is 2.62. The number of thioether (sulfide) groups is 1. The average molecular weight is 284 g/mol. The van der Waals surface area contributed by atoms with Crippen molar-refractivity contribution in [3.8, 4) is 0 Å². The maximum absolute atomic E-state index is 5.83. The molecule has 0 radical (unpaired) electrons. The fraction of sp³-hybridized carbons (Fsp3) is 0.294. The number of fused-ring (bicyclic) bond motifs is 1. The molecule has 0 bridgehead atoms. The van der Waals surface area contributed by atoms with Gasteiger partial charge in [-0.3, -0.25) is 11.3 Å². The fourth-order valence-corrected chi connectivity index (χ4v) is 4.19. The minimum atomic E-state index is 0.193. The van der Waals surface area contributed by atoms with Crippen molar-refractivity contribution in [1.82, 2.24) is 5.43 Å². The zero-order chi connectivity index (χ0) is 13.9. The second-order valence-electron chi connectivity index (χ2n) is 5.21. The lowest BCUT2D eigenvalue weighted by molar-refractivity contribution is 0.533. The van der Waals surface area contributed by atoms with E-state index in [2.05, 4.69) is 60.9 Å². The molecule has 1 aliphatic heterocycles. The lowest BCUT2D eigenvalue weighted by Crippen LogP contribution is -2.35. The second kappa shape index (κ2) is 6.00. The van der Waals surface area contributed by atoms with Crippen molar-refractivity contribution < 1.29 is 0 Å². The Morgan fingerprint density at radius 3 is 2.60 bits per heavy atom. The first-order valence-electron chi connectivity index (χ1n) is 7.11. The SMILES string of the molecule is CCc1ccc(C(NN)C2Cc3ccccc3S2)cc1. The van der Waals surface area contributed by atoms with Crippen LogP contribution in [0.5, 0.6) is 0 Å². The predicted octanol–water partition coefficient (Wildman–Crippen LogP) is 3.47. The molecule has 2 atom stereocenters.